The van der Waals surface area contributed by atoms with Crippen LogP contribution in [0.4, 0.5) is 11.4 Å². The summed E-state index contributed by atoms with van der Waals surface area (Å²) in [4.78, 5) is 15.4. The molecule has 2 aromatic carbocycles. The van der Waals surface area contributed by atoms with Gasteiger partial charge in [0, 0.05) is 31.7 Å². The number of methoxy groups -OCH3 is 3. The number of nitrogens with zero attached hydrogens (tertiary/aromatic N) is 2. The highest BCUT2D eigenvalue weighted by Crippen LogP contribution is 2.39. The van der Waals surface area contributed by atoms with Crippen LogP contribution >= 0.6 is 0 Å². The van der Waals surface area contributed by atoms with E-state index in [1.807, 2.05) is 18.7 Å². The first-order valence-electron chi connectivity index (χ1n) is 11.2. The molecule has 0 aromatic heterocycles. The molecule has 0 spiro atoms. The fourth-order valence-corrected chi connectivity index (χ4v) is 5.22. The van der Waals surface area contributed by atoms with E-state index in [4.69, 9.17) is 14.2 Å². The highest BCUT2D eigenvalue weighted by molar-refractivity contribution is 7.89. The maximum absolute atomic E-state index is 13.3. The number of hydrogen-bond acceptors (Lipinski definition) is 7. The molecule has 0 fully saturated rings. The molecule has 188 valence electrons. The molecule has 0 aliphatic carbocycles. The Morgan fingerprint density at radius 3 is 1.85 bits per heavy atom. The molecule has 0 saturated heterocycles. The number of benzene rings is 2. The van der Waals surface area contributed by atoms with Crippen LogP contribution in [0, 0.1) is 0 Å². The number of amides is 1. The number of hydrogen-bond donors (Lipinski definition) is 1. The Kier molecular flexibility index (Phi) is 9.57. The standard InChI is InChI=1S/C24H35N3O6S/c1-8-26(9-2)20-13-12-18(34(29,30)27(10-3)11-4)16-19(20)25-24(28)17-14-21(31-5)23(33-7)22(15-17)32-6/h12-16H,8-11H2,1-7H3,(H,25,28). The topological polar surface area (TPSA) is 97.4 Å². The van der Waals surface area contributed by atoms with Crippen LogP contribution in [0.25, 0.3) is 0 Å². The Morgan fingerprint density at radius 1 is 0.853 bits per heavy atom. The molecule has 0 bridgehead atoms. The van der Waals surface area contributed by atoms with E-state index in [-0.39, 0.29) is 10.5 Å². The van der Waals surface area contributed by atoms with Crippen LogP contribution in [0.15, 0.2) is 35.2 Å². The van der Waals surface area contributed by atoms with Gasteiger partial charge in [-0.2, -0.15) is 4.31 Å². The molecule has 0 heterocycles. The predicted octanol–water partition coefficient (Wildman–Crippen LogP) is 3.84. The minimum Gasteiger partial charge on any atom is -0.493 e. The molecule has 2 aromatic rings. The summed E-state index contributed by atoms with van der Waals surface area (Å²) in [7, 11) is 0.723. The van der Waals surface area contributed by atoms with E-state index in [2.05, 4.69) is 5.32 Å². The van der Waals surface area contributed by atoms with Gasteiger partial charge in [0.15, 0.2) is 11.5 Å². The van der Waals surface area contributed by atoms with Gasteiger partial charge in [-0.25, -0.2) is 8.42 Å². The van der Waals surface area contributed by atoms with E-state index in [0.29, 0.717) is 49.1 Å². The minimum absolute atomic E-state index is 0.118. The van der Waals surface area contributed by atoms with Crippen molar-refractivity contribution in [3.05, 3.63) is 35.9 Å². The fraction of sp³-hybridized carbons (Fsp3) is 0.458. The number of rotatable bonds is 12. The summed E-state index contributed by atoms with van der Waals surface area (Å²) in [6.45, 7) is 9.64. The molecule has 1 amide bonds. The van der Waals surface area contributed by atoms with E-state index < -0.39 is 15.9 Å². The Balaban J connectivity index is 2.59. The Bertz CT molecular complexity index is 1070. The third-order valence-electron chi connectivity index (χ3n) is 5.59. The second-order valence-corrected chi connectivity index (χ2v) is 9.25. The second-order valence-electron chi connectivity index (χ2n) is 7.31. The summed E-state index contributed by atoms with van der Waals surface area (Å²) in [5, 5.41) is 2.89. The number of anilines is 2. The van der Waals surface area contributed by atoms with Gasteiger partial charge in [-0.05, 0) is 44.2 Å². The lowest BCUT2D eigenvalue weighted by molar-refractivity contribution is 0.102. The molecule has 0 aliphatic heterocycles. The zero-order valence-corrected chi connectivity index (χ0v) is 21.8. The van der Waals surface area contributed by atoms with Crippen molar-refractivity contribution >= 4 is 27.3 Å². The number of carbonyl (C=O) groups is 1. The van der Waals surface area contributed by atoms with E-state index in [9.17, 15) is 13.2 Å². The van der Waals surface area contributed by atoms with E-state index in [0.717, 1.165) is 5.69 Å². The average Bonchev–Trinajstić information content (AvgIpc) is 2.84. The van der Waals surface area contributed by atoms with Crippen molar-refractivity contribution in [1.82, 2.24) is 4.31 Å². The smallest absolute Gasteiger partial charge is 0.255 e. The number of nitrogens with one attached hydrogen (secondary N) is 1. The average molecular weight is 494 g/mol. The van der Waals surface area contributed by atoms with Crippen LogP contribution in [-0.4, -0.2) is 66.1 Å². The highest BCUT2D eigenvalue weighted by Gasteiger charge is 2.24. The van der Waals surface area contributed by atoms with Gasteiger partial charge in [-0.3, -0.25) is 4.79 Å². The van der Waals surface area contributed by atoms with Gasteiger partial charge in [-0.15, -0.1) is 0 Å². The summed E-state index contributed by atoms with van der Waals surface area (Å²) in [5.74, 6) is 0.616. The molecule has 0 unspecified atom stereocenters. The summed E-state index contributed by atoms with van der Waals surface area (Å²) < 4.78 is 43.6. The normalized spacial score (nSPS) is 11.3. The molecular formula is C24H35N3O6S. The van der Waals surface area contributed by atoms with Crippen molar-refractivity contribution in [2.24, 2.45) is 0 Å². The molecule has 2 rings (SSSR count). The van der Waals surface area contributed by atoms with Crippen molar-refractivity contribution in [3.63, 3.8) is 0 Å². The van der Waals surface area contributed by atoms with Crippen molar-refractivity contribution in [3.8, 4) is 17.2 Å². The first-order chi connectivity index (χ1) is 16.2. The number of sulfonamides is 1. The lowest BCUT2D eigenvalue weighted by Gasteiger charge is -2.26. The predicted molar refractivity (Wildman–Crippen MR) is 134 cm³/mol. The maximum Gasteiger partial charge on any atom is 0.255 e. The highest BCUT2D eigenvalue weighted by atomic mass is 32.2. The summed E-state index contributed by atoms with van der Waals surface area (Å²) >= 11 is 0. The molecule has 0 saturated carbocycles. The third-order valence-corrected chi connectivity index (χ3v) is 7.64. The molecule has 0 atom stereocenters. The van der Waals surface area contributed by atoms with Gasteiger partial charge in [0.25, 0.3) is 5.91 Å². The molecule has 10 heteroatoms. The molecule has 0 radical (unpaired) electrons. The van der Waals surface area contributed by atoms with Crippen LogP contribution in [0.2, 0.25) is 0 Å². The van der Waals surface area contributed by atoms with Crippen LogP contribution in [0.5, 0.6) is 17.2 Å². The van der Waals surface area contributed by atoms with Gasteiger partial charge in [0.05, 0.1) is 37.6 Å². The van der Waals surface area contributed by atoms with E-state index in [1.54, 1.807) is 38.1 Å². The van der Waals surface area contributed by atoms with E-state index >= 15 is 0 Å². The monoisotopic (exact) mass is 493 g/mol. The number of ether oxygens (including phenoxy) is 3. The Hall–Kier alpha value is -2.98. The SMILES string of the molecule is CCN(CC)c1ccc(S(=O)(=O)N(CC)CC)cc1NC(=O)c1cc(OC)c(OC)c(OC)c1. The Morgan fingerprint density at radius 2 is 1.41 bits per heavy atom. The largest absolute Gasteiger partial charge is 0.493 e. The van der Waals surface area contributed by atoms with Gasteiger partial charge in [-0.1, -0.05) is 13.8 Å². The third kappa shape index (κ3) is 5.56. The summed E-state index contributed by atoms with van der Waals surface area (Å²) in [6.07, 6.45) is 0. The fourth-order valence-electron chi connectivity index (χ4n) is 3.74. The summed E-state index contributed by atoms with van der Waals surface area (Å²) in [6, 6.07) is 7.91. The quantitative estimate of drug-likeness (QED) is 0.480. The van der Waals surface area contributed by atoms with Crippen molar-refractivity contribution in [2.45, 2.75) is 32.6 Å². The van der Waals surface area contributed by atoms with Crippen molar-refractivity contribution in [2.75, 3.05) is 57.7 Å². The van der Waals surface area contributed by atoms with Crippen LogP contribution in [-0.2, 0) is 10.0 Å². The summed E-state index contributed by atoms with van der Waals surface area (Å²) in [5.41, 5.74) is 1.40. The van der Waals surface area contributed by atoms with Gasteiger partial charge < -0.3 is 24.4 Å². The van der Waals surface area contributed by atoms with Gasteiger partial charge in [0.2, 0.25) is 15.8 Å². The van der Waals surface area contributed by atoms with Gasteiger partial charge in [0.1, 0.15) is 0 Å². The molecular weight excluding hydrogens is 458 g/mol. The first-order valence-corrected chi connectivity index (χ1v) is 12.7. The zero-order chi connectivity index (χ0) is 25.5. The molecule has 1 N–H and O–H groups in total. The lowest BCUT2D eigenvalue weighted by atomic mass is 10.1. The first kappa shape index (κ1) is 27.3. The van der Waals surface area contributed by atoms with E-state index in [1.165, 1.54) is 31.7 Å². The Labute approximate surface area is 202 Å². The van der Waals surface area contributed by atoms with Crippen LogP contribution in [0.3, 0.4) is 0 Å². The second kappa shape index (κ2) is 11.9. The molecule has 0 aliphatic rings. The van der Waals surface area contributed by atoms with Crippen LogP contribution in [0.1, 0.15) is 38.1 Å². The van der Waals surface area contributed by atoms with Crippen LogP contribution < -0.4 is 24.4 Å². The maximum atomic E-state index is 13.3. The van der Waals surface area contributed by atoms with Gasteiger partial charge >= 0.3 is 0 Å². The zero-order valence-electron chi connectivity index (χ0n) is 21.0. The lowest BCUT2D eigenvalue weighted by Crippen LogP contribution is -2.31. The molecule has 34 heavy (non-hydrogen) atoms. The van der Waals surface area contributed by atoms with Crippen molar-refractivity contribution in [1.29, 1.82) is 0 Å². The van der Waals surface area contributed by atoms with Crippen molar-refractivity contribution < 1.29 is 27.4 Å². The molecule has 9 nitrogen and oxygen atoms in total. The number of carbonyl (C=O) groups excluding carboxylic acids is 1. The minimum atomic E-state index is -3.70.